The number of nitrogens with one attached hydrogen (secondary N) is 1. The van der Waals surface area contributed by atoms with Gasteiger partial charge in [0.05, 0.1) is 12.7 Å². The maximum Gasteiger partial charge on any atom is 0.113 e. The molecule has 1 N–H and O–H groups in total. The van der Waals surface area contributed by atoms with Crippen LogP contribution in [0.3, 0.4) is 0 Å². The standard InChI is InChI=1S/C10H7Br2ClN2S/c11-6-1-2-8(7(12)3-6)14-5-10-15-4-9(13)16-10/h1-4,14H,5H2. The molecule has 0 aliphatic rings. The van der Waals surface area contributed by atoms with E-state index in [2.05, 4.69) is 42.2 Å². The third-order valence-electron chi connectivity index (χ3n) is 1.89. The van der Waals surface area contributed by atoms with Crippen molar-refractivity contribution in [2.24, 2.45) is 0 Å². The molecule has 0 atom stereocenters. The third-order valence-corrected chi connectivity index (χ3v) is 4.15. The average Bonchev–Trinajstić information content (AvgIpc) is 2.63. The van der Waals surface area contributed by atoms with E-state index in [0.29, 0.717) is 10.9 Å². The van der Waals surface area contributed by atoms with Crippen LogP contribution in [0, 0.1) is 0 Å². The topological polar surface area (TPSA) is 24.9 Å². The van der Waals surface area contributed by atoms with E-state index in [1.807, 2.05) is 18.2 Å². The summed E-state index contributed by atoms with van der Waals surface area (Å²) in [5.41, 5.74) is 1.04. The van der Waals surface area contributed by atoms with Gasteiger partial charge >= 0.3 is 0 Å². The van der Waals surface area contributed by atoms with Gasteiger partial charge in [-0.15, -0.1) is 11.3 Å². The molecule has 0 spiro atoms. The molecule has 2 aromatic rings. The molecule has 84 valence electrons. The van der Waals surface area contributed by atoms with Gasteiger partial charge in [-0.3, -0.25) is 0 Å². The van der Waals surface area contributed by atoms with E-state index in [1.165, 1.54) is 11.3 Å². The number of hydrogen-bond acceptors (Lipinski definition) is 3. The first-order chi connectivity index (χ1) is 7.65. The van der Waals surface area contributed by atoms with Gasteiger partial charge in [-0.25, -0.2) is 4.98 Å². The molecule has 2 rings (SSSR count). The first-order valence-electron chi connectivity index (χ1n) is 4.44. The molecule has 0 radical (unpaired) electrons. The Morgan fingerprint density at radius 3 is 2.81 bits per heavy atom. The van der Waals surface area contributed by atoms with Crippen LogP contribution in [-0.2, 0) is 6.54 Å². The Kier molecular flexibility index (Phi) is 4.24. The van der Waals surface area contributed by atoms with Gasteiger partial charge in [0.2, 0.25) is 0 Å². The number of rotatable bonds is 3. The highest BCUT2D eigenvalue weighted by Gasteiger charge is 2.02. The Bertz CT molecular complexity index is 501. The van der Waals surface area contributed by atoms with Crippen molar-refractivity contribution in [2.45, 2.75) is 6.54 Å². The van der Waals surface area contributed by atoms with Gasteiger partial charge in [-0.05, 0) is 34.1 Å². The van der Waals surface area contributed by atoms with Crippen LogP contribution in [0.1, 0.15) is 5.01 Å². The summed E-state index contributed by atoms with van der Waals surface area (Å²) in [5.74, 6) is 0. The molecule has 0 saturated carbocycles. The van der Waals surface area contributed by atoms with E-state index in [0.717, 1.165) is 19.6 Å². The van der Waals surface area contributed by atoms with Gasteiger partial charge in [-0.2, -0.15) is 0 Å². The predicted octanol–water partition coefficient (Wildman–Crippen LogP) is 4.93. The molecule has 0 bridgehead atoms. The number of hydrogen-bond donors (Lipinski definition) is 1. The summed E-state index contributed by atoms with van der Waals surface area (Å²) in [6.07, 6.45) is 1.67. The number of benzene rings is 1. The lowest BCUT2D eigenvalue weighted by molar-refractivity contribution is 1.10. The molecule has 0 saturated heterocycles. The van der Waals surface area contributed by atoms with Gasteiger partial charge in [-0.1, -0.05) is 27.5 Å². The summed E-state index contributed by atoms with van der Waals surface area (Å²) in [5, 5.41) is 4.26. The highest BCUT2D eigenvalue weighted by molar-refractivity contribution is 9.11. The van der Waals surface area contributed by atoms with Crippen LogP contribution in [0.4, 0.5) is 5.69 Å². The average molecular weight is 383 g/mol. The lowest BCUT2D eigenvalue weighted by atomic mass is 10.3. The van der Waals surface area contributed by atoms with Crippen molar-refractivity contribution >= 4 is 60.5 Å². The molecule has 0 aliphatic heterocycles. The summed E-state index contributed by atoms with van der Waals surface area (Å²) in [6.45, 7) is 0.678. The van der Waals surface area contributed by atoms with Crippen LogP contribution in [0.2, 0.25) is 4.34 Å². The number of anilines is 1. The fourth-order valence-corrected chi connectivity index (χ4v) is 3.26. The summed E-state index contributed by atoms with van der Waals surface area (Å²) in [4.78, 5) is 4.18. The minimum atomic E-state index is 0.678. The molecule has 0 amide bonds. The van der Waals surface area contributed by atoms with Gasteiger partial charge in [0, 0.05) is 14.6 Å². The molecular formula is C10H7Br2ClN2S. The van der Waals surface area contributed by atoms with E-state index >= 15 is 0 Å². The maximum absolute atomic E-state index is 5.81. The van der Waals surface area contributed by atoms with Crippen LogP contribution in [-0.4, -0.2) is 4.98 Å². The molecule has 6 heteroatoms. The minimum Gasteiger partial charge on any atom is -0.378 e. The van der Waals surface area contributed by atoms with Gasteiger partial charge in [0.15, 0.2) is 0 Å². The van der Waals surface area contributed by atoms with E-state index in [4.69, 9.17) is 11.6 Å². The second kappa shape index (κ2) is 5.49. The second-order valence-electron chi connectivity index (χ2n) is 3.04. The lowest BCUT2D eigenvalue weighted by Crippen LogP contribution is -1.99. The molecule has 0 unspecified atom stereocenters. The zero-order valence-corrected chi connectivity index (χ0v) is 12.8. The van der Waals surface area contributed by atoms with Crippen molar-refractivity contribution in [3.05, 3.63) is 42.7 Å². The molecule has 0 aliphatic carbocycles. The van der Waals surface area contributed by atoms with Crippen LogP contribution in [0.15, 0.2) is 33.3 Å². The minimum absolute atomic E-state index is 0.678. The molecule has 2 nitrogen and oxygen atoms in total. The molecular weight excluding hydrogens is 375 g/mol. The first kappa shape index (κ1) is 12.4. The molecule has 1 aromatic carbocycles. The highest BCUT2D eigenvalue weighted by Crippen LogP contribution is 2.27. The highest BCUT2D eigenvalue weighted by atomic mass is 79.9. The van der Waals surface area contributed by atoms with Gasteiger partial charge in [0.1, 0.15) is 9.34 Å². The quantitative estimate of drug-likeness (QED) is 0.814. The van der Waals surface area contributed by atoms with Crippen molar-refractivity contribution < 1.29 is 0 Å². The molecule has 0 fully saturated rings. The SMILES string of the molecule is Clc1cnc(CNc2ccc(Br)cc2Br)s1. The molecule has 16 heavy (non-hydrogen) atoms. The van der Waals surface area contributed by atoms with Gasteiger partial charge < -0.3 is 5.32 Å². The molecule has 1 aromatic heterocycles. The van der Waals surface area contributed by atoms with E-state index < -0.39 is 0 Å². The Morgan fingerprint density at radius 2 is 2.19 bits per heavy atom. The van der Waals surface area contributed by atoms with Crippen molar-refractivity contribution in [3.8, 4) is 0 Å². The second-order valence-corrected chi connectivity index (χ2v) is 6.55. The largest absolute Gasteiger partial charge is 0.378 e. The first-order valence-corrected chi connectivity index (χ1v) is 7.22. The Balaban J connectivity index is 2.04. The summed E-state index contributed by atoms with van der Waals surface area (Å²) < 4.78 is 2.78. The Hall–Kier alpha value is -0.100. The fourth-order valence-electron chi connectivity index (χ4n) is 1.17. The van der Waals surface area contributed by atoms with Crippen LogP contribution >= 0.6 is 54.8 Å². The normalized spacial score (nSPS) is 10.4. The third kappa shape index (κ3) is 3.20. The Morgan fingerprint density at radius 1 is 1.38 bits per heavy atom. The summed E-state index contributed by atoms with van der Waals surface area (Å²) in [6, 6.07) is 5.99. The van der Waals surface area contributed by atoms with Crippen molar-refractivity contribution in [3.63, 3.8) is 0 Å². The summed E-state index contributed by atoms with van der Waals surface area (Å²) in [7, 11) is 0. The lowest BCUT2D eigenvalue weighted by Gasteiger charge is -2.06. The predicted molar refractivity (Wildman–Crippen MR) is 76.3 cm³/mol. The zero-order chi connectivity index (χ0) is 11.5. The molecule has 1 heterocycles. The monoisotopic (exact) mass is 380 g/mol. The zero-order valence-electron chi connectivity index (χ0n) is 8.01. The van der Waals surface area contributed by atoms with Gasteiger partial charge in [0.25, 0.3) is 0 Å². The Labute approximate surface area is 119 Å². The number of aromatic nitrogens is 1. The number of halogens is 3. The van der Waals surface area contributed by atoms with E-state index in [9.17, 15) is 0 Å². The number of thiazole rings is 1. The van der Waals surface area contributed by atoms with Crippen molar-refractivity contribution in [2.75, 3.05) is 5.32 Å². The van der Waals surface area contributed by atoms with Crippen molar-refractivity contribution in [1.82, 2.24) is 4.98 Å². The van der Waals surface area contributed by atoms with Crippen LogP contribution < -0.4 is 5.32 Å². The number of nitrogens with zero attached hydrogens (tertiary/aromatic N) is 1. The smallest absolute Gasteiger partial charge is 0.113 e. The van der Waals surface area contributed by atoms with E-state index in [-0.39, 0.29) is 0 Å². The fraction of sp³-hybridized carbons (Fsp3) is 0.100. The maximum atomic E-state index is 5.81. The summed E-state index contributed by atoms with van der Waals surface area (Å²) >= 11 is 14.2. The van der Waals surface area contributed by atoms with Crippen molar-refractivity contribution in [1.29, 1.82) is 0 Å². The van der Waals surface area contributed by atoms with Crippen LogP contribution in [0.25, 0.3) is 0 Å². The van der Waals surface area contributed by atoms with E-state index in [1.54, 1.807) is 6.20 Å². The van der Waals surface area contributed by atoms with Crippen LogP contribution in [0.5, 0.6) is 0 Å².